The van der Waals surface area contributed by atoms with Crippen LogP contribution in [0.4, 0.5) is 11.5 Å². The van der Waals surface area contributed by atoms with Gasteiger partial charge in [0.05, 0.1) is 0 Å². The molecule has 3 rings (SSSR count). The predicted octanol–water partition coefficient (Wildman–Crippen LogP) is 2.59. The fourth-order valence-electron chi connectivity index (χ4n) is 2.25. The normalized spacial score (nSPS) is 13.2. The van der Waals surface area contributed by atoms with Crippen LogP contribution in [0.1, 0.15) is 41.4 Å². The van der Waals surface area contributed by atoms with Gasteiger partial charge in [-0.1, -0.05) is 26.0 Å². The average molecular weight is 268 g/mol. The van der Waals surface area contributed by atoms with Crippen molar-refractivity contribution in [1.82, 2.24) is 15.3 Å². The molecule has 1 aliphatic rings. The third-order valence-electron chi connectivity index (χ3n) is 3.40. The van der Waals surface area contributed by atoms with Crippen molar-refractivity contribution in [1.29, 1.82) is 0 Å². The minimum atomic E-state index is -0.138. The molecular weight excluding hydrogens is 252 g/mol. The second-order valence-electron chi connectivity index (χ2n) is 5.14. The summed E-state index contributed by atoms with van der Waals surface area (Å²) in [5, 5.41) is 6.04. The highest BCUT2D eigenvalue weighted by Gasteiger charge is 2.24. The Morgan fingerprint density at radius 1 is 1.30 bits per heavy atom. The minimum absolute atomic E-state index is 0.138. The zero-order valence-electron chi connectivity index (χ0n) is 11.5. The van der Waals surface area contributed by atoms with Crippen molar-refractivity contribution < 1.29 is 4.79 Å². The van der Waals surface area contributed by atoms with Crippen LogP contribution in [0.5, 0.6) is 0 Å². The third kappa shape index (κ3) is 2.22. The number of carbonyl (C=O) groups excluding carboxylic acids is 1. The summed E-state index contributed by atoms with van der Waals surface area (Å²) in [7, 11) is 0. The zero-order valence-corrected chi connectivity index (χ0v) is 11.5. The number of carbonyl (C=O) groups is 1. The van der Waals surface area contributed by atoms with Crippen molar-refractivity contribution in [2.45, 2.75) is 26.3 Å². The smallest absolute Gasteiger partial charge is 0.270 e. The number of anilines is 2. The highest BCUT2D eigenvalue weighted by Crippen LogP contribution is 2.25. The van der Waals surface area contributed by atoms with Crippen molar-refractivity contribution in [3.8, 4) is 0 Å². The van der Waals surface area contributed by atoms with E-state index < -0.39 is 0 Å². The SMILES string of the molecule is CC(C)c1cccc(Nc2ncnc3c2CNC3=O)c1. The number of fused-ring (bicyclic) bond motifs is 1. The van der Waals surface area contributed by atoms with Crippen LogP contribution in [0.2, 0.25) is 0 Å². The fourth-order valence-corrected chi connectivity index (χ4v) is 2.25. The lowest BCUT2D eigenvalue weighted by Gasteiger charge is -2.11. The predicted molar refractivity (Wildman–Crippen MR) is 77.0 cm³/mol. The topological polar surface area (TPSA) is 66.9 Å². The van der Waals surface area contributed by atoms with Gasteiger partial charge in [-0.3, -0.25) is 4.79 Å². The lowest BCUT2D eigenvalue weighted by atomic mass is 10.0. The average Bonchev–Trinajstić information content (AvgIpc) is 2.82. The van der Waals surface area contributed by atoms with Crippen molar-refractivity contribution in [2.75, 3.05) is 5.32 Å². The van der Waals surface area contributed by atoms with Gasteiger partial charge in [0.15, 0.2) is 0 Å². The summed E-state index contributed by atoms with van der Waals surface area (Å²) < 4.78 is 0. The summed E-state index contributed by atoms with van der Waals surface area (Å²) in [4.78, 5) is 19.8. The molecular formula is C15H16N4O. The summed E-state index contributed by atoms with van der Waals surface area (Å²) >= 11 is 0. The van der Waals surface area contributed by atoms with E-state index in [0.717, 1.165) is 11.3 Å². The molecule has 1 aliphatic heterocycles. The molecule has 0 fully saturated rings. The van der Waals surface area contributed by atoms with Crippen LogP contribution in [0.3, 0.4) is 0 Å². The van der Waals surface area contributed by atoms with E-state index in [0.29, 0.717) is 24.0 Å². The molecule has 0 aliphatic carbocycles. The molecule has 0 bridgehead atoms. The number of amides is 1. The van der Waals surface area contributed by atoms with E-state index >= 15 is 0 Å². The monoisotopic (exact) mass is 268 g/mol. The Labute approximate surface area is 117 Å². The summed E-state index contributed by atoms with van der Waals surface area (Å²) in [5.41, 5.74) is 3.52. The molecule has 2 heterocycles. The first kappa shape index (κ1) is 12.6. The Morgan fingerprint density at radius 2 is 2.15 bits per heavy atom. The standard InChI is InChI=1S/C15H16N4O/c1-9(2)10-4-3-5-11(6-10)19-14-12-7-16-15(20)13(12)17-8-18-14/h3-6,8-9H,7H2,1-2H3,(H,16,20)(H,17,18,19). The molecule has 0 saturated carbocycles. The van der Waals surface area contributed by atoms with E-state index in [1.807, 2.05) is 12.1 Å². The Morgan fingerprint density at radius 3 is 2.95 bits per heavy atom. The molecule has 20 heavy (non-hydrogen) atoms. The van der Waals surface area contributed by atoms with Gasteiger partial charge in [0, 0.05) is 17.8 Å². The van der Waals surface area contributed by atoms with Gasteiger partial charge in [0.25, 0.3) is 5.91 Å². The Bertz CT molecular complexity index is 667. The maximum absolute atomic E-state index is 11.6. The molecule has 0 spiro atoms. The molecule has 5 heteroatoms. The van der Waals surface area contributed by atoms with E-state index in [1.165, 1.54) is 11.9 Å². The zero-order chi connectivity index (χ0) is 14.1. The number of aromatic nitrogens is 2. The largest absolute Gasteiger partial charge is 0.346 e. The molecule has 1 amide bonds. The van der Waals surface area contributed by atoms with E-state index in [-0.39, 0.29) is 5.91 Å². The number of nitrogens with one attached hydrogen (secondary N) is 2. The molecule has 0 saturated heterocycles. The van der Waals surface area contributed by atoms with Crippen LogP contribution >= 0.6 is 0 Å². The summed E-state index contributed by atoms with van der Waals surface area (Å²) in [6.07, 6.45) is 1.42. The van der Waals surface area contributed by atoms with Crippen LogP contribution in [0.25, 0.3) is 0 Å². The van der Waals surface area contributed by atoms with E-state index in [4.69, 9.17) is 0 Å². The molecule has 0 unspecified atom stereocenters. The van der Waals surface area contributed by atoms with Gasteiger partial charge < -0.3 is 10.6 Å². The first-order valence-electron chi connectivity index (χ1n) is 6.64. The highest BCUT2D eigenvalue weighted by atomic mass is 16.2. The molecule has 0 atom stereocenters. The Hall–Kier alpha value is -2.43. The summed E-state index contributed by atoms with van der Waals surface area (Å²) in [5.74, 6) is 1.02. The fraction of sp³-hybridized carbons (Fsp3) is 0.267. The van der Waals surface area contributed by atoms with E-state index in [1.54, 1.807) is 0 Å². The van der Waals surface area contributed by atoms with Gasteiger partial charge in [-0.15, -0.1) is 0 Å². The van der Waals surface area contributed by atoms with Gasteiger partial charge in [0.2, 0.25) is 0 Å². The molecule has 0 radical (unpaired) electrons. The van der Waals surface area contributed by atoms with Crippen molar-refractivity contribution in [3.05, 3.63) is 47.4 Å². The minimum Gasteiger partial charge on any atom is -0.346 e. The molecule has 2 N–H and O–H groups in total. The van der Waals surface area contributed by atoms with Crippen LogP contribution in [0, 0.1) is 0 Å². The lowest BCUT2D eigenvalue weighted by Crippen LogP contribution is -2.13. The molecule has 1 aromatic carbocycles. The van der Waals surface area contributed by atoms with Crippen LogP contribution in [0.15, 0.2) is 30.6 Å². The van der Waals surface area contributed by atoms with Crippen LogP contribution < -0.4 is 10.6 Å². The maximum atomic E-state index is 11.6. The second kappa shape index (κ2) is 4.92. The van der Waals surface area contributed by atoms with E-state index in [9.17, 15) is 4.79 Å². The number of hydrogen-bond donors (Lipinski definition) is 2. The van der Waals surface area contributed by atoms with Crippen molar-refractivity contribution in [2.24, 2.45) is 0 Å². The first-order chi connectivity index (χ1) is 9.65. The van der Waals surface area contributed by atoms with Gasteiger partial charge in [-0.05, 0) is 23.6 Å². The van der Waals surface area contributed by atoms with Gasteiger partial charge in [-0.2, -0.15) is 0 Å². The van der Waals surface area contributed by atoms with Gasteiger partial charge >= 0.3 is 0 Å². The number of hydrogen-bond acceptors (Lipinski definition) is 4. The van der Waals surface area contributed by atoms with Gasteiger partial charge in [-0.25, -0.2) is 9.97 Å². The molecule has 102 valence electrons. The summed E-state index contributed by atoms with van der Waals surface area (Å²) in [6.45, 7) is 4.79. The van der Waals surface area contributed by atoms with Crippen molar-refractivity contribution >= 4 is 17.4 Å². The number of nitrogens with zero attached hydrogens (tertiary/aromatic N) is 2. The highest BCUT2D eigenvalue weighted by molar-refractivity contribution is 5.97. The van der Waals surface area contributed by atoms with E-state index in [2.05, 4.69) is 46.6 Å². The lowest BCUT2D eigenvalue weighted by molar-refractivity contribution is 0.0961. The number of rotatable bonds is 3. The van der Waals surface area contributed by atoms with Crippen LogP contribution in [-0.4, -0.2) is 15.9 Å². The second-order valence-corrected chi connectivity index (χ2v) is 5.14. The maximum Gasteiger partial charge on any atom is 0.270 e. The molecule has 5 nitrogen and oxygen atoms in total. The quantitative estimate of drug-likeness (QED) is 0.898. The first-order valence-corrected chi connectivity index (χ1v) is 6.64. The molecule has 2 aromatic rings. The third-order valence-corrected chi connectivity index (χ3v) is 3.40. The van der Waals surface area contributed by atoms with Crippen molar-refractivity contribution in [3.63, 3.8) is 0 Å². The van der Waals surface area contributed by atoms with Gasteiger partial charge in [0.1, 0.15) is 17.8 Å². The molecule has 1 aromatic heterocycles. The Kier molecular flexibility index (Phi) is 3.10. The number of benzene rings is 1. The Balaban J connectivity index is 1.93. The summed E-state index contributed by atoms with van der Waals surface area (Å²) in [6, 6.07) is 8.21. The van der Waals surface area contributed by atoms with Crippen LogP contribution in [-0.2, 0) is 6.54 Å².